The van der Waals surface area contributed by atoms with Crippen LogP contribution in [0.25, 0.3) is 0 Å². The molecule has 0 spiro atoms. The minimum atomic E-state index is -0.618. The third-order valence-corrected chi connectivity index (χ3v) is 4.39. The summed E-state index contributed by atoms with van der Waals surface area (Å²) in [5, 5.41) is 11.0. The fraction of sp³-hybridized carbons (Fsp3) is 0.0417. The summed E-state index contributed by atoms with van der Waals surface area (Å²) in [6, 6.07) is 25.9. The van der Waals surface area contributed by atoms with E-state index in [-0.39, 0.29) is 5.96 Å². The van der Waals surface area contributed by atoms with E-state index in [0.29, 0.717) is 11.1 Å². The van der Waals surface area contributed by atoms with Crippen molar-refractivity contribution in [3.63, 3.8) is 0 Å². The first-order valence-electron chi connectivity index (χ1n) is 9.13. The Bertz CT molecular complexity index is 1000. The Labute approximate surface area is 169 Å². The van der Waals surface area contributed by atoms with Crippen molar-refractivity contribution in [3.05, 3.63) is 120 Å². The van der Waals surface area contributed by atoms with Gasteiger partial charge in [-0.2, -0.15) is 0 Å². The molecule has 5 heteroatoms. The van der Waals surface area contributed by atoms with E-state index in [1.54, 1.807) is 60.7 Å². The lowest BCUT2D eigenvalue weighted by Crippen LogP contribution is -2.48. The van der Waals surface area contributed by atoms with Gasteiger partial charge >= 0.3 is 0 Å². The Morgan fingerprint density at radius 3 is 1.83 bits per heavy atom. The van der Waals surface area contributed by atoms with Gasteiger partial charge in [0.05, 0.1) is 6.04 Å². The zero-order valence-corrected chi connectivity index (χ0v) is 15.8. The van der Waals surface area contributed by atoms with Gasteiger partial charge in [-0.3, -0.25) is 25.2 Å². The molecule has 3 aromatic carbocycles. The number of benzene rings is 3. The second kappa shape index (κ2) is 9.28. The van der Waals surface area contributed by atoms with Crippen LogP contribution in [0.2, 0.25) is 0 Å². The summed E-state index contributed by atoms with van der Waals surface area (Å²) in [5.74, 6) is -1.18. The molecule has 0 heterocycles. The maximum absolute atomic E-state index is 13.3. The van der Waals surface area contributed by atoms with Crippen molar-refractivity contribution in [2.45, 2.75) is 6.04 Å². The van der Waals surface area contributed by atoms with Crippen LogP contribution in [0.5, 0.6) is 0 Å². The Morgan fingerprint density at radius 2 is 1.31 bits per heavy atom. The summed E-state index contributed by atoms with van der Waals surface area (Å²) in [7, 11) is 0. The number of hydrogen-bond donors (Lipinski definition) is 2. The first-order valence-corrected chi connectivity index (χ1v) is 9.13. The van der Waals surface area contributed by atoms with Gasteiger partial charge in [0.1, 0.15) is 0 Å². The van der Waals surface area contributed by atoms with Crippen molar-refractivity contribution in [2.75, 3.05) is 0 Å². The van der Waals surface area contributed by atoms with Crippen LogP contribution in [-0.4, -0.2) is 22.7 Å². The van der Waals surface area contributed by atoms with Gasteiger partial charge < -0.3 is 0 Å². The lowest BCUT2D eigenvalue weighted by atomic mass is 10.0. The average molecular weight is 383 g/mol. The zero-order valence-electron chi connectivity index (χ0n) is 15.8. The van der Waals surface area contributed by atoms with Crippen LogP contribution in [0.1, 0.15) is 32.3 Å². The summed E-state index contributed by atoms with van der Waals surface area (Å²) in [6.07, 6.45) is 1.58. The fourth-order valence-electron chi connectivity index (χ4n) is 2.96. The standard InChI is InChI=1S/C24H21N3O2/c1-2-21(18-12-6-3-7-13-18)27(23(29)20-16-10-5-11-17-20)24(25)26-22(28)19-14-8-4-9-15-19/h2-17,21H,1H2,(H2,25,26,28)/t21-/m0/s1. The third-order valence-electron chi connectivity index (χ3n) is 4.39. The molecule has 1 atom stereocenters. The van der Waals surface area contributed by atoms with Gasteiger partial charge in [0.15, 0.2) is 0 Å². The number of nitrogens with one attached hydrogen (secondary N) is 2. The Morgan fingerprint density at radius 1 is 0.828 bits per heavy atom. The molecule has 144 valence electrons. The molecule has 0 aliphatic carbocycles. The van der Waals surface area contributed by atoms with Crippen molar-refractivity contribution in [1.82, 2.24) is 10.2 Å². The molecule has 0 bridgehead atoms. The molecule has 29 heavy (non-hydrogen) atoms. The summed E-state index contributed by atoms with van der Waals surface area (Å²) < 4.78 is 0. The van der Waals surface area contributed by atoms with Gasteiger partial charge in [0.2, 0.25) is 5.96 Å². The zero-order chi connectivity index (χ0) is 20.6. The van der Waals surface area contributed by atoms with Crippen molar-refractivity contribution in [2.24, 2.45) is 0 Å². The van der Waals surface area contributed by atoms with Crippen molar-refractivity contribution < 1.29 is 9.59 Å². The third kappa shape index (κ3) is 4.65. The smallest absolute Gasteiger partial charge is 0.261 e. The monoisotopic (exact) mass is 383 g/mol. The highest BCUT2D eigenvalue weighted by molar-refractivity contribution is 6.12. The van der Waals surface area contributed by atoms with Gasteiger partial charge in [0, 0.05) is 11.1 Å². The number of guanidine groups is 1. The predicted molar refractivity (Wildman–Crippen MR) is 114 cm³/mol. The summed E-state index contributed by atoms with van der Waals surface area (Å²) >= 11 is 0. The molecule has 0 unspecified atom stereocenters. The number of carbonyl (C=O) groups excluding carboxylic acids is 2. The molecular formula is C24H21N3O2. The molecule has 5 nitrogen and oxygen atoms in total. The normalized spacial score (nSPS) is 11.2. The number of carbonyl (C=O) groups is 2. The van der Waals surface area contributed by atoms with E-state index < -0.39 is 17.9 Å². The van der Waals surface area contributed by atoms with E-state index in [1.165, 1.54) is 4.90 Å². The number of nitrogens with zero attached hydrogens (tertiary/aromatic N) is 1. The quantitative estimate of drug-likeness (QED) is 0.389. The molecule has 3 aromatic rings. The van der Waals surface area contributed by atoms with Crippen molar-refractivity contribution in [3.8, 4) is 0 Å². The van der Waals surface area contributed by atoms with Gasteiger partial charge in [0.25, 0.3) is 11.8 Å². The van der Waals surface area contributed by atoms with Crippen LogP contribution in [0.4, 0.5) is 0 Å². The molecule has 0 saturated heterocycles. The fourth-order valence-corrected chi connectivity index (χ4v) is 2.96. The van der Waals surface area contributed by atoms with Crippen LogP contribution >= 0.6 is 0 Å². The first kappa shape index (κ1) is 19.8. The van der Waals surface area contributed by atoms with Crippen LogP contribution in [-0.2, 0) is 0 Å². The molecule has 3 rings (SSSR count). The lowest BCUT2D eigenvalue weighted by molar-refractivity contribution is 0.0812. The highest BCUT2D eigenvalue weighted by atomic mass is 16.2. The summed E-state index contributed by atoms with van der Waals surface area (Å²) in [6.45, 7) is 3.85. The van der Waals surface area contributed by atoms with E-state index >= 15 is 0 Å². The van der Waals surface area contributed by atoms with E-state index in [2.05, 4.69) is 11.9 Å². The molecular weight excluding hydrogens is 362 g/mol. The van der Waals surface area contributed by atoms with E-state index in [0.717, 1.165) is 5.56 Å². The van der Waals surface area contributed by atoms with Crippen molar-refractivity contribution in [1.29, 1.82) is 5.41 Å². The highest BCUT2D eigenvalue weighted by Gasteiger charge is 2.29. The van der Waals surface area contributed by atoms with Crippen LogP contribution in [0.15, 0.2) is 104 Å². The van der Waals surface area contributed by atoms with Gasteiger partial charge in [-0.05, 0) is 29.8 Å². The second-order valence-corrected chi connectivity index (χ2v) is 6.30. The Balaban J connectivity index is 1.95. The second-order valence-electron chi connectivity index (χ2n) is 6.30. The average Bonchev–Trinajstić information content (AvgIpc) is 2.78. The summed E-state index contributed by atoms with van der Waals surface area (Å²) in [4.78, 5) is 27.0. The number of rotatable bonds is 5. The largest absolute Gasteiger partial charge is 0.292 e. The van der Waals surface area contributed by atoms with Crippen LogP contribution < -0.4 is 5.32 Å². The van der Waals surface area contributed by atoms with Crippen LogP contribution in [0, 0.1) is 5.41 Å². The molecule has 0 aliphatic rings. The van der Waals surface area contributed by atoms with Crippen molar-refractivity contribution >= 4 is 17.8 Å². The molecule has 0 saturated carbocycles. The van der Waals surface area contributed by atoms with E-state index in [1.807, 2.05) is 36.4 Å². The maximum atomic E-state index is 13.3. The van der Waals surface area contributed by atoms with E-state index in [9.17, 15) is 9.59 Å². The minimum Gasteiger partial charge on any atom is -0.292 e. The Kier molecular flexibility index (Phi) is 6.32. The topological polar surface area (TPSA) is 73.3 Å². The molecule has 0 aliphatic heterocycles. The van der Waals surface area contributed by atoms with Gasteiger partial charge in [-0.25, -0.2) is 0 Å². The molecule has 0 radical (unpaired) electrons. The first-order chi connectivity index (χ1) is 14.1. The molecule has 2 N–H and O–H groups in total. The van der Waals surface area contributed by atoms with Gasteiger partial charge in [-0.15, -0.1) is 6.58 Å². The van der Waals surface area contributed by atoms with E-state index in [4.69, 9.17) is 5.41 Å². The Hall–Kier alpha value is -3.99. The number of hydrogen-bond acceptors (Lipinski definition) is 3. The minimum absolute atomic E-state index is 0.318. The summed E-state index contributed by atoms with van der Waals surface area (Å²) in [5.41, 5.74) is 1.60. The SMILES string of the molecule is C=C[C@@H](c1ccccc1)N(C(=N)NC(=O)c1ccccc1)C(=O)c1ccccc1. The highest BCUT2D eigenvalue weighted by Crippen LogP contribution is 2.24. The number of amides is 2. The van der Waals surface area contributed by atoms with Gasteiger partial charge in [-0.1, -0.05) is 72.8 Å². The van der Waals surface area contributed by atoms with Crippen LogP contribution in [0.3, 0.4) is 0 Å². The lowest BCUT2D eigenvalue weighted by Gasteiger charge is -2.30. The molecule has 0 fully saturated rings. The molecule has 2 amide bonds. The maximum Gasteiger partial charge on any atom is 0.261 e. The molecule has 0 aromatic heterocycles. The predicted octanol–water partition coefficient (Wildman–Crippen LogP) is 4.42.